The van der Waals surface area contributed by atoms with E-state index in [-0.39, 0.29) is 104 Å². The molecule has 0 aliphatic heterocycles. The Labute approximate surface area is 304 Å². The molecule has 0 bridgehead atoms. The maximum Gasteiger partial charge on any atom is 1.00 e. The zero-order valence-corrected chi connectivity index (χ0v) is 29.3. The normalized spacial score (nSPS) is 11.5. The molecule has 220 valence electrons. The molecule has 3 rings (SSSR count). The van der Waals surface area contributed by atoms with Crippen molar-refractivity contribution in [3.05, 3.63) is 89.2 Å². The van der Waals surface area contributed by atoms with Crippen molar-refractivity contribution in [1.29, 1.82) is 0 Å². The van der Waals surface area contributed by atoms with Gasteiger partial charge in [-0.25, -0.2) is 21.6 Å². The molecule has 43 heavy (non-hydrogen) atoms. The first kappa shape index (κ1) is 41.3. The summed E-state index contributed by atoms with van der Waals surface area (Å²) < 4.78 is 63.6. The van der Waals surface area contributed by atoms with Crippen molar-refractivity contribution in [2.45, 2.75) is 14.7 Å². The van der Waals surface area contributed by atoms with Crippen LogP contribution in [0, 0.1) is 0 Å². The zero-order chi connectivity index (χ0) is 29.5. The van der Waals surface area contributed by atoms with E-state index in [1.165, 1.54) is 24.3 Å². The molecule has 0 radical (unpaired) electrons. The van der Waals surface area contributed by atoms with Crippen LogP contribution in [0.15, 0.2) is 103 Å². The van der Waals surface area contributed by atoms with Gasteiger partial charge in [0.05, 0.1) is 21.8 Å². The number of amidine groups is 1. The summed E-state index contributed by atoms with van der Waals surface area (Å²) in [6.07, 6.45) is 0. The zero-order valence-electron chi connectivity index (χ0n) is 21.9. The molecule has 0 heterocycles. The first-order valence-electron chi connectivity index (χ1n) is 10.3. The van der Waals surface area contributed by atoms with Gasteiger partial charge in [-0.15, -0.1) is 15.9 Å². The molecule has 0 fully saturated rings. The fourth-order valence-electron chi connectivity index (χ4n) is 2.90. The van der Waals surface area contributed by atoms with Crippen molar-refractivity contribution in [2.75, 3.05) is 0 Å². The molecule has 0 saturated heterocycles. The molecular formula is C22H15CuN4Na2O11S3. The van der Waals surface area contributed by atoms with E-state index in [0.717, 1.165) is 12.1 Å². The molecule has 15 nitrogen and oxygen atoms in total. The summed E-state index contributed by atoms with van der Waals surface area (Å²) in [4.78, 5) is 9.88. The monoisotopic (exact) mass is 716 g/mol. The summed E-state index contributed by atoms with van der Waals surface area (Å²) in [5, 5.41) is 45.1. The second-order valence-electron chi connectivity index (χ2n) is 7.25. The number of benzene rings is 3. The van der Waals surface area contributed by atoms with Crippen LogP contribution in [0.4, 0.5) is 11.4 Å². The Balaban J connectivity index is 0.00000588. The molecule has 0 aliphatic rings. The number of sulfone groups is 1. The number of carboxylic acids is 1. The number of hydrogen-bond acceptors (Lipinski definition) is 13. The Bertz CT molecular complexity index is 1730. The summed E-state index contributed by atoms with van der Waals surface area (Å²) in [7, 11) is -9.63. The van der Waals surface area contributed by atoms with Gasteiger partial charge in [0.25, 0.3) is 0 Å². The molecule has 0 unspecified atom stereocenters. The topological polar surface area (TPSA) is 242 Å². The van der Waals surface area contributed by atoms with Gasteiger partial charge in [0.1, 0.15) is 15.8 Å². The minimum Gasteiger partial charge on any atom is -0.744 e. The Hall–Kier alpha value is -1.65. The minimum absolute atomic E-state index is 0. The van der Waals surface area contributed by atoms with Crippen LogP contribution in [0.25, 0.3) is 5.43 Å². The Morgan fingerprint density at radius 2 is 1.70 bits per heavy atom. The number of aromatic hydroxyl groups is 1. The quantitative estimate of drug-likeness (QED) is 0.0301. The van der Waals surface area contributed by atoms with Crippen molar-refractivity contribution in [2.24, 2.45) is 15.3 Å². The first-order valence-corrected chi connectivity index (χ1v) is 14.0. The first-order chi connectivity index (χ1) is 18.9. The standard InChI is InChI=1S/C22H18N4O11S3.Cu.2Na/c1-2-39(31,32)15-11-18(20(27)19(12-15)40(33,34)35)24-26-21(13-6-4-3-5-7-13)25-23-17-10-14(38-37-36-30)8-9-16(17)22(28)29;;;/h2-12H,1H2,(H5,23,24,25,26,27,28,29,30,33,34,35);;;/q;3*+1/p-3. The van der Waals surface area contributed by atoms with Crippen LogP contribution < -0.4 is 64.4 Å². The van der Waals surface area contributed by atoms with E-state index in [0.29, 0.717) is 23.5 Å². The van der Waals surface area contributed by atoms with Gasteiger partial charge in [-0.05, 0) is 24.3 Å². The molecule has 0 atom stereocenters. The van der Waals surface area contributed by atoms with Gasteiger partial charge in [0.2, 0.25) is 0 Å². The molecular weight excluding hydrogens is 702 g/mol. The Morgan fingerprint density at radius 1 is 1.05 bits per heavy atom. The largest absolute Gasteiger partial charge is 1.00 e. The van der Waals surface area contributed by atoms with Crippen molar-refractivity contribution in [1.82, 2.24) is 0 Å². The van der Waals surface area contributed by atoms with Gasteiger partial charge in [0, 0.05) is 21.4 Å². The van der Waals surface area contributed by atoms with E-state index in [9.17, 15) is 41.7 Å². The third-order valence-electron chi connectivity index (χ3n) is 4.74. The van der Waals surface area contributed by atoms with Gasteiger partial charge in [-0.1, -0.05) is 43.0 Å². The number of carbonyl (C=O) groups is 1. The fraction of sp³-hybridized carbons (Fsp3) is 0. The van der Waals surface area contributed by atoms with Crippen LogP contribution in [0.5, 0.6) is 5.75 Å². The molecule has 0 aliphatic carbocycles. The van der Waals surface area contributed by atoms with Crippen molar-refractivity contribution in [3.63, 3.8) is 0 Å². The van der Waals surface area contributed by atoms with Crippen molar-refractivity contribution < 1.29 is 127 Å². The summed E-state index contributed by atoms with van der Waals surface area (Å²) in [6.45, 7) is 3.12. The molecule has 2 N–H and O–H groups in total. The van der Waals surface area contributed by atoms with Crippen LogP contribution >= 0.6 is 12.0 Å². The molecule has 0 aromatic heterocycles. The fourth-order valence-corrected chi connectivity index (χ4v) is 4.73. The summed E-state index contributed by atoms with van der Waals surface area (Å²) in [5.41, 5.74) is 2.91. The van der Waals surface area contributed by atoms with Gasteiger partial charge in [-0.2, -0.15) is 4.33 Å². The molecule has 0 spiro atoms. The predicted molar refractivity (Wildman–Crippen MR) is 135 cm³/mol. The van der Waals surface area contributed by atoms with E-state index in [2.05, 4.69) is 36.7 Å². The van der Waals surface area contributed by atoms with Gasteiger partial charge in [0.15, 0.2) is 21.4 Å². The van der Waals surface area contributed by atoms with Crippen LogP contribution in [0.2, 0.25) is 0 Å². The Morgan fingerprint density at radius 3 is 2.26 bits per heavy atom. The number of aromatic carboxylic acids is 1. The number of carboxylic acid groups (broad SMARTS) is 1. The van der Waals surface area contributed by atoms with E-state index in [1.54, 1.807) is 18.2 Å². The van der Waals surface area contributed by atoms with Gasteiger partial charge < -0.3 is 30.6 Å². The van der Waals surface area contributed by atoms with E-state index >= 15 is 0 Å². The van der Waals surface area contributed by atoms with Crippen LogP contribution in [0.1, 0.15) is 15.9 Å². The average molecular weight is 717 g/mol. The molecule has 3 aromatic carbocycles. The second-order valence-corrected chi connectivity index (χ2v) is 11.3. The van der Waals surface area contributed by atoms with Crippen LogP contribution in [0.3, 0.4) is 0 Å². The van der Waals surface area contributed by atoms with Crippen LogP contribution in [-0.4, -0.2) is 43.4 Å². The third kappa shape index (κ3) is 11.3. The molecule has 0 amide bonds. The summed E-state index contributed by atoms with van der Waals surface area (Å²) in [6, 6.07) is 12.7. The summed E-state index contributed by atoms with van der Waals surface area (Å²) in [5.74, 6) is -2.85. The third-order valence-corrected chi connectivity index (χ3v) is 7.49. The molecule has 3 aromatic rings. The van der Waals surface area contributed by atoms with E-state index in [1.807, 2.05) is 0 Å². The average Bonchev–Trinajstić information content (AvgIpc) is 2.92. The van der Waals surface area contributed by atoms with Gasteiger partial charge in [-0.3, -0.25) is 5.04 Å². The van der Waals surface area contributed by atoms with Crippen LogP contribution in [-0.2, 0) is 46.4 Å². The van der Waals surface area contributed by atoms with Gasteiger partial charge >= 0.3 is 82.2 Å². The molecule has 21 heteroatoms. The van der Waals surface area contributed by atoms with Crippen molar-refractivity contribution in [3.8, 4) is 5.75 Å². The minimum atomic E-state index is -5.35. The van der Waals surface area contributed by atoms with E-state index < -0.39 is 47.2 Å². The number of rotatable bonds is 11. The van der Waals surface area contributed by atoms with E-state index in [4.69, 9.17) is 0 Å². The number of phenolic OH excluding ortho intramolecular Hbond substituents is 1. The second kappa shape index (κ2) is 18.4. The predicted octanol–water partition coefficient (Wildman–Crippen LogP) is -2.70. The Kier molecular flexibility index (Phi) is 17.6. The molecule has 0 saturated carbocycles. The van der Waals surface area contributed by atoms with Crippen molar-refractivity contribution >= 4 is 55.2 Å². The maximum absolute atomic E-state index is 12.3. The number of hydrogen-bond donors (Lipinski definition) is 2. The number of phenols is 1. The smallest absolute Gasteiger partial charge is 0.744 e. The SMILES string of the molecule is C=CS(=O)(=O)c1cc(N=N/C(=N\[N-]c2cc(SOO[O-])ccc2C(=O)O)c2ccccc2)c(O)c(S(=O)(=O)[O-])c1.[Cu+].[Na+].[Na+]. The maximum atomic E-state index is 12.3. The number of azo groups is 1. The summed E-state index contributed by atoms with van der Waals surface area (Å²) >= 11 is 0.467. The number of nitrogens with zero attached hydrogens (tertiary/aromatic N) is 4.